The first-order valence-corrected chi connectivity index (χ1v) is 11.6. The fourth-order valence-corrected chi connectivity index (χ4v) is 4.21. The van der Waals surface area contributed by atoms with Gasteiger partial charge in [-0.05, 0) is 62.8 Å². The van der Waals surface area contributed by atoms with Gasteiger partial charge in [0.1, 0.15) is 5.75 Å². The Morgan fingerprint density at radius 2 is 2.06 bits per heavy atom. The molecule has 0 aliphatic carbocycles. The molecular formula is C24H35N3O4. The molecule has 0 aromatic heterocycles. The number of aryl methyl sites for hydroxylation is 1. The zero-order valence-corrected chi connectivity index (χ0v) is 18.7. The molecule has 170 valence electrons. The fraction of sp³-hybridized carbons (Fsp3) is 0.625. The molecule has 1 saturated heterocycles. The average molecular weight is 430 g/mol. The Balaban J connectivity index is 1.42. The van der Waals surface area contributed by atoms with Crippen molar-refractivity contribution in [2.75, 3.05) is 25.0 Å². The van der Waals surface area contributed by atoms with Crippen molar-refractivity contribution in [1.82, 2.24) is 10.2 Å². The number of piperidine rings is 1. The van der Waals surface area contributed by atoms with E-state index < -0.39 is 0 Å². The molecule has 1 aromatic rings. The van der Waals surface area contributed by atoms with Gasteiger partial charge >= 0.3 is 0 Å². The largest absolute Gasteiger partial charge is 0.494 e. The van der Waals surface area contributed by atoms with Gasteiger partial charge in [-0.25, -0.2) is 0 Å². The second kappa shape index (κ2) is 11.2. The fourth-order valence-electron chi connectivity index (χ4n) is 4.21. The first-order chi connectivity index (χ1) is 15.0. The number of carbonyl (C=O) groups is 3. The van der Waals surface area contributed by atoms with E-state index in [-0.39, 0.29) is 29.7 Å². The van der Waals surface area contributed by atoms with E-state index >= 15 is 0 Å². The Bertz CT molecular complexity index is 795. The maximum atomic E-state index is 12.8. The third-order valence-electron chi connectivity index (χ3n) is 6.18. The summed E-state index contributed by atoms with van der Waals surface area (Å²) in [4.78, 5) is 38.5. The topological polar surface area (TPSA) is 87.7 Å². The predicted octanol–water partition coefficient (Wildman–Crippen LogP) is 3.27. The van der Waals surface area contributed by atoms with Crippen LogP contribution >= 0.6 is 0 Å². The molecule has 31 heavy (non-hydrogen) atoms. The summed E-state index contributed by atoms with van der Waals surface area (Å²) in [5.41, 5.74) is 1.93. The van der Waals surface area contributed by atoms with Crippen molar-refractivity contribution < 1.29 is 19.1 Å². The lowest BCUT2D eigenvalue weighted by atomic mass is 9.92. The van der Waals surface area contributed by atoms with Crippen molar-refractivity contribution in [3.63, 3.8) is 0 Å². The first kappa shape index (κ1) is 23.1. The Labute approximate surface area is 184 Å². The van der Waals surface area contributed by atoms with Gasteiger partial charge in [0, 0.05) is 37.7 Å². The summed E-state index contributed by atoms with van der Waals surface area (Å²) < 4.78 is 5.83. The number of carbonyl (C=O) groups excluding carboxylic acids is 3. The number of nitrogens with one attached hydrogen (secondary N) is 2. The van der Waals surface area contributed by atoms with Crippen LogP contribution in [0.1, 0.15) is 64.4 Å². The standard InChI is InChI=1S/C24H35N3O4/c1-3-4-13-25-24(30)19-8-7-17(2)27(16-19)23(29)6-5-14-31-20-10-11-21-18(15-20)9-12-22(28)26-21/h10-11,15,17,19H,3-9,12-14,16H2,1-2H3,(H,25,30)(H,26,28). The molecule has 2 unspecified atom stereocenters. The van der Waals surface area contributed by atoms with Crippen LogP contribution in [0.2, 0.25) is 0 Å². The third kappa shape index (κ3) is 6.45. The molecule has 2 N–H and O–H groups in total. The average Bonchev–Trinajstić information content (AvgIpc) is 2.77. The Hall–Kier alpha value is -2.57. The van der Waals surface area contributed by atoms with Crippen molar-refractivity contribution in [2.45, 2.75) is 71.3 Å². The van der Waals surface area contributed by atoms with Gasteiger partial charge in [0.15, 0.2) is 0 Å². The number of anilines is 1. The van der Waals surface area contributed by atoms with Gasteiger partial charge in [-0.1, -0.05) is 13.3 Å². The lowest BCUT2D eigenvalue weighted by Gasteiger charge is -2.37. The number of fused-ring (bicyclic) bond motifs is 1. The monoisotopic (exact) mass is 429 g/mol. The van der Waals surface area contributed by atoms with Gasteiger partial charge in [0.2, 0.25) is 17.7 Å². The van der Waals surface area contributed by atoms with Crippen molar-refractivity contribution in [2.24, 2.45) is 5.92 Å². The highest BCUT2D eigenvalue weighted by Crippen LogP contribution is 2.27. The molecule has 3 rings (SSSR count). The molecule has 0 bridgehead atoms. The Morgan fingerprint density at radius 1 is 1.23 bits per heavy atom. The minimum atomic E-state index is -0.107. The second-order valence-corrected chi connectivity index (χ2v) is 8.63. The van der Waals surface area contributed by atoms with Crippen LogP contribution in [0.15, 0.2) is 18.2 Å². The predicted molar refractivity (Wildman–Crippen MR) is 120 cm³/mol. The highest BCUT2D eigenvalue weighted by Gasteiger charge is 2.32. The van der Waals surface area contributed by atoms with E-state index in [1.165, 1.54) is 0 Å². The van der Waals surface area contributed by atoms with E-state index in [4.69, 9.17) is 4.74 Å². The van der Waals surface area contributed by atoms with Crippen LogP contribution in [0.4, 0.5) is 5.69 Å². The van der Waals surface area contributed by atoms with E-state index in [9.17, 15) is 14.4 Å². The summed E-state index contributed by atoms with van der Waals surface area (Å²) in [6.07, 6.45) is 5.99. The molecule has 7 heteroatoms. The molecular weight excluding hydrogens is 394 g/mol. The van der Waals surface area contributed by atoms with Crippen LogP contribution in [0.25, 0.3) is 0 Å². The lowest BCUT2D eigenvalue weighted by Crippen LogP contribution is -2.49. The van der Waals surface area contributed by atoms with Crippen LogP contribution in [0.3, 0.4) is 0 Å². The number of likely N-dealkylation sites (tertiary alicyclic amines) is 1. The van der Waals surface area contributed by atoms with Crippen molar-refractivity contribution >= 4 is 23.4 Å². The summed E-state index contributed by atoms with van der Waals surface area (Å²) in [6.45, 7) is 5.84. The van der Waals surface area contributed by atoms with E-state index in [1.807, 2.05) is 23.1 Å². The first-order valence-electron chi connectivity index (χ1n) is 11.6. The summed E-state index contributed by atoms with van der Waals surface area (Å²) >= 11 is 0. The van der Waals surface area contributed by atoms with Gasteiger partial charge < -0.3 is 20.3 Å². The van der Waals surface area contributed by atoms with E-state index in [1.54, 1.807) is 0 Å². The molecule has 1 fully saturated rings. The van der Waals surface area contributed by atoms with Crippen molar-refractivity contribution in [1.29, 1.82) is 0 Å². The number of unbranched alkanes of at least 4 members (excludes halogenated alkanes) is 1. The van der Waals surface area contributed by atoms with Crippen LogP contribution in [-0.4, -0.2) is 48.4 Å². The second-order valence-electron chi connectivity index (χ2n) is 8.63. The summed E-state index contributed by atoms with van der Waals surface area (Å²) in [6, 6.07) is 5.85. The zero-order chi connectivity index (χ0) is 22.2. The molecule has 2 aliphatic heterocycles. The SMILES string of the molecule is CCCCNC(=O)C1CCC(C)N(C(=O)CCCOc2ccc3c(c2)CCC(=O)N3)C1. The lowest BCUT2D eigenvalue weighted by molar-refractivity contribution is -0.138. The molecule has 0 saturated carbocycles. The molecule has 1 aromatic carbocycles. The smallest absolute Gasteiger partial charge is 0.224 e. The van der Waals surface area contributed by atoms with E-state index in [0.29, 0.717) is 39.0 Å². The van der Waals surface area contributed by atoms with Gasteiger partial charge in [-0.2, -0.15) is 0 Å². The van der Waals surface area contributed by atoms with Crippen LogP contribution in [0, 0.1) is 5.92 Å². The van der Waals surface area contributed by atoms with Crippen LogP contribution in [0.5, 0.6) is 5.75 Å². The molecule has 2 atom stereocenters. The number of rotatable bonds is 9. The van der Waals surface area contributed by atoms with Gasteiger partial charge in [0.05, 0.1) is 12.5 Å². The quantitative estimate of drug-likeness (QED) is 0.590. The van der Waals surface area contributed by atoms with E-state index in [0.717, 1.165) is 49.1 Å². The highest BCUT2D eigenvalue weighted by molar-refractivity contribution is 5.94. The maximum Gasteiger partial charge on any atom is 0.224 e. The minimum Gasteiger partial charge on any atom is -0.494 e. The van der Waals surface area contributed by atoms with Gasteiger partial charge in [0.25, 0.3) is 0 Å². The summed E-state index contributed by atoms with van der Waals surface area (Å²) in [5.74, 6) is 0.870. The number of benzene rings is 1. The normalized spacial score (nSPS) is 20.6. The minimum absolute atomic E-state index is 0.0484. The zero-order valence-electron chi connectivity index (χ0n) is 18.7. The Kier molecular flexibility index (Phi) is 8.32. The third-order valence-corrected chi connectivity index (χ3v) is 6.18. The molecule has 7 nitrogen and oxygen atoms in total. The molecule has 3 amide bonds. The number of hydrogen-bond acceptors (Lipinski definition) is 4. The van der Waals surface area contributed by atoms with Gasteiger partial charge in [-0.15, -0.1) is 0 Å². The molecule has 2 aliphatic rings. The molecule has 2 heterocycles. The van der Waals surface area contributed by atoms with E-state index in [2.05, 4.69) is 24.5 Å². The highest BCUT2D eigenvalue weighted by atomic mass is 16.5. The molecule has 0 radical (unpaired) electrons. The number of amides is 3. The number of nitrogens with zero attached hydrogens (tertiary/aromatic N) is 1. The Morgan fingerprint density at radius 3 is 2.87 bits per heavy atom. The summed E-state index contributed by atoms with van der Waals surface area (Å²) in [5, 5.41) is 5.86. The number of hydrogen-bond donors (Lipinski definition) is 2. The van der Waals surface area contributed by atoms with Crippen LogP contribution < -0.4 is 15.4 Å². The maximum absolute atomic E-state index is 12.8. The number of ether oxygens (including phenoxy) is 1. The van der Waals surface area contributed by atoms with Crippen molar-refractivity contribution in [3.05, 3.63) is 23.8 Å². The van der Waals surface area contributed by atoms with Crippen LogP contribution in [-0.2, 0) is 20.8 Å². The summed E-state index contributed by atoms with van der Waals surface area (Å²) in [7, 11) is 0. The van der Waals surface area contributed by atoms with Gasteiger partial charge in [-0.3, -0.25) is 14.4 Å². The molecule has 0 spiro atoms. The van der Waals surface area contributed by atoms with Crippen molar-refractivity contribution in [3.8, 4) is 5.75 Å².